The van der Waals surface area contributed by atoms with Crippen molar-refractivity contribution >= 4 is 16.6 Å². The summed E-state index contributed by atoms with van der Waals surface area (Å²) in [6, 6.07) is 8.04. The van der Waals surface area contributed by atoms with Crippen molar-refractivity contribution in [2.75, 3.05) is 32.7 Å². The molecule has 2 rings (SSSR count). The summed E-state index contributed by atoms with van der Waals surface area (Å²) in [5.74, 6) is 0. The van der Waals surface area contributed by atoms with Crippen LogP contribution in [0.5, 0.6) is 0 Å². The highest BCUT2D eigenvalue weighted by molar-refractivity contribution is 5.91. The van der Waals surface area contributed by atoms with E-state index in [0.29, 0.717) is 6.61 Å². The molecule has 0 saturated heterocycles. The summed E-state index contributed by atoms with van der Waals surface area (Å²) in [5, 5.41) is 1.11. The molecule has 1 heterocycles. The predicted molar refractivity (Wildman–Crippen MR) is 73.7 cm³/mol. The van der Waals surface area contributed by atoms with Gasteiger partial charge in [0.15, 0.2) is 0 Å². The molecule has 0 atom stereocenters. The van der Waals surface area contributed by atoms with Crippen molar-refractivity contribution in [2.45, 2.75) is 13.0 Å². The van der Waals surface area contributed by atoms with Crippen LogP contribution >= 0.6 is 0 Å². The molecular formula is C14H20N2O2. The summed E-state index contributed by atoms with van der Waals surface area (Å²) >= 11 is 0. The molecule has 0 aliphatic carbocycles. The van der Waals surface area contributed by atoms with Gasteiger partial charge >= 0.3 is 0 Å². The van der Waals surface area contributed by atoms with Gasteiger partial charge in [-0.1, -0.05) is 6.07 Å². The Morgan fingerprint density at radius 3 is 2.89 bits per heavy atom. The van der Waals surface area contributed by atoms with Gasteiger partial charge in [-0.05, 0) is 24.6 Å². The summed E-state index contributed by atoms with van der Waals surface area (Å²) in [6.07, 6.45) is 3.00. The van der Waals surface area contributed by atoms with Gasteiger partial charge in [-0.2, -0.15) is 0 Å². The van der Waals surface area contributed by atoms with Gasteiger partial charge in [0.1, 0.15) is 0 Å². The van der Waals surface area contributed by atoms with Crippen molar-refractivity contribution in [3.05, 3.63) is 30.5 Å². The molecule has 18 heavy (non-hydrogen) atoms. The van der Waals surface area contributed by atoms with E-state index in [4.69, 9.17) is 15.2 Å². The lowest BCUT2D eigenvalue weighted by Gasteiger charge is -2.07. The fraction of sp³-hybridized carbons (Fsp3) is 0.429. The third kappa shape index (κ3) is 3.03. The van der Waals surface area contributed by atoms with Crippen LogP contribution in [0.25, 0.3) is 10.9 Å². The van der Waals surface area contributed by atoms with E-state index in [2.05, 4.69) is 22.9 Å². The van der Waals surface area contributed by atoms with Crippen LogP contribution in [0.3, 0.4) is 0 Å². The van der Waals surface area contributed by atoms with Crippen LogP contribution in [0.15, 0.2) is 30.5 Å². The molecule has 0 aliphatic rings. The molecule has 0 bridgehead atoms. The zero-order valence-corrected chi connectivity index (χ0v) is 10.8. The van der Waals surface area contributed by atoms with Gasteiger partial charge in [0.05, 0.1) is 12.1 Å². The third-order valence-corrected chi connectivity index (χ3v) is 2.96. The highest BCUT2D eigenvalue weighted by Gasteiger charge is 2.02. The fourth-order valence-electron chi connectivity index (χ4n) is 2.01. The SMILES string of the molecule is COCCCOCCn1ccc2c(N)cccc21. The molecule has 0 fully saturated rings. The Kier molecular flexibility index (Phi) is 4.61. The monoisotopic (exact) mass is 248 g/mol. The van der Waals surface area contributed by atoms with Crippen molar-refractivity contribution < 1.29 is 9.47 Å². The van der Waals surface area contributed by atoms with Gasteiger partial charge in [0, 0.05) is 44.1 Å². The van der Waals surface area contributed by atoms with Gasteiger partial charge in [-0.15, -0.1) is 0 Å². The molecule has 1 aromatic heterocycles. The molecule has 4 nitrogen and oxygen atoms in total. The Morgan fingerprint density at radius 2 is 2.06 bits per heavy atom. The minimum absolute atomic E-state index is 0.711. The first-order chi connectivity index (χ1) is 8.83. The quantitative estimate of drug-likeness (QED) is 0.604. The number of methoxy groups -OCH3 is 1. The van der Waals surface area contributed by atoms with Gasteiger partial charge in [0.2, 0.25) is 0 Å². The molecular weight excluding hydrogens is 228 g/mol. The first kappa shape index (κ1) is 12.9. The Morgan fingerprint density at radius 1 is 1.17 bits per heavy atom. The smallest absolute Gasteiger partial charge is 0.0645 e. The molecule has 98 valence electrons. The standard InChI is InChI=1S/C14H20N2O2/c1-17-9-3-10-18-11-8-16-7-6-12-13(15)4-2-5-14(12)16/h2,4-7H,3,8-11,15H2,1H3. The number of fused-ring (bicyclic) bond motifs is 1. The van der Waals surface area contributed by atoms with E-state index in [1.807, 2.05) is 12.1 Å². The number of ether oxygens (including phenoxy) is 2. The number of nitrogen functional groups attached to an aromatic ring is 1. The normalized spacial score (nSPS) is 11.2. The van der Waals surface area contributed by atoms with E-state index in [1.165, 1.54) is 0 Å². The Labute approximate surface area is 107 Å². The number of benzene rings is 1. The second-order valence-electron chi connectivity index (χ2n) is 4.25. The molecule has 1 aromatic carbocycles. The van der Waals surface area contributed by atoms with E-state index in [1.54, 1.807) is 7.11 Å². The van der Waals surface area contributed by atoms with Crippen molar-refractivity contribution in [3.63, 3.8) is 0 Å². The zero-order valence-electron chi connectivity index (χ0n) is 10.8. The number of anilines is 1. The van der Waals surface area contributed by atoms with Gasteiger partial charge in [-0.3, -0.25) is 0 Å². The second kappa shape index (κ2) is 6.42. The maximum absolute atomic E-state index is 5.92. The summed E-state index contributed by atoms with van der Waals surface area (Å²) in [7, 11) is 1.70. The number of rotatable bonds is 7. The van der Waals surface area contributed by atoms with E-state index in [9.17, 15) is 0 Å². The molecule has 2 N–H and O–H groups in total. The lowest BCUT2D eigenvalue weighted by Crippen LogP contribution is -2.07. The Hall–Kier alpha value is -1.52. The van der Waals surface area contributed by atoms with E-state index in [0.717, 1.165) is 42.8 Å². The first-order valence-electron chi connectivity index (χ1n) is 6.23. The summed E-state index contributed by atoms with van der Waals surface area (Å²) < 4.78 is 12.7. The van der Waals surface area contributed by atoms with E-state index in [-0.39, 0.29) is 0 Å². The van der Waals surface area contributed by atoms with E-state index >= 15 is 0 Å². The third-order valence-electron chi connectivity index (χ3n) is 2.96. The van der Waals surface area contributed by atoms with Crippen molar-refractivity contribution in [3.8, 4) is 0 Å². The maximum atomic E-state index is 5.92. The van der Waals surface area contributed by atoms with Crippen LogP contribution < -0.4 is 5.73 Å². The molecule has 0 spiro atoms. The number of hydrogen-bond acceptors (Lipinski definition) is 3. The molecule has 0 saturated carbocycles. The Balaban J connectivity index is 1.86. The van der Waals surface area contributed by atoms with Gasteiger partial charge < -0.3 is 19.8 Å². The maximum Gasteiger partial charge on any atom is 0.0645 e. The minimum Gasteiger partial charge on any atom is -0.398 e. The largest absolute Gasteiger partial charge is 0.398 e. The highest BCUT2D eigenvalue weighted by atomic mass is 16.5. The number of nitrogens with zero attached hydrogens (tertiary/aromatic N) is 1. The zero-order chi connectivity index (χ0) is 12.8. The molecule has 0 amide bonds. The molecule has 0 unspecified atom stereocenters. The highest BCUT2D eigenvalue weighted by Crippen LogP contribution is 2.21. The lowest BCUT2D eigenvalue weighted by molar-refractivity contribution is 0.0982. The number of aromatic nitrogens is 1. The molecule has 0 radical (unpaired) electrons. The first-order valence-corrected chi connectivity index (χ1v) is 6.23. The lowest BCUT2D eigenvalue weighted by atomic mass is 10.2. The fourth-order valence-corrected chi connectivity index (χ4v) is 2.01. The predicted octanol–water partition coefficient (Wildman–Crippen LogP) is 2.28. The van der Waals surface area contributed by atoms with Crippen LogP contribution in [0.4, 0.5) is 5.69 Å². The van der Waals surface area contributed by atoms with Crippen LogP contribution in [0.2, 0.25) is 0 Å². The molecule has 2 aromatic rings. The van der Waals surface area contributed by atoms with Crippen molar-refractivity contribution in [2.24, 2.45) is 0 Å². The summed E-state index contributed by atoms with van der Waals surface area (Å²) in [6.45, 7) is 3.06. The second-order valence-corrected chi connectivity index (χ2v) is 4.25. The van der Waals surface area contributed by atoms with Crippen LogP contribution in [0, 0.1) is 0 Å². The molecule has 0 aliphatic heterocycles. The van der Waals surface area contributed by atoms with Crippen LogP contribution in [-0.4, -0.2) is 31.5 Å². The van der Waals surface area contributed by atoms with E-state index < -0.39 is 0 Å². The molecule has 4 heteroatoms. The Bertz CT molecular complexity index is 493. The van der Waals surface area contributed by atoms with Gasteiger partial charge in [-0.25, -0.2) is 0 Å². The number of hydrogen-bond donors (Lipinski definition) is 1. The topological polar surface area (TPSA) is 49.4 Å². The average Bonchev–Trinajstić information content (AvgIpc) is 2.79. The summed E-state index contributed by atoms with van der Waals surface area (Å²) in [5.41, 5.74) is 7.91. The minimum atomic E-state index is 0.711. The van der Waals surface area contributed by atoms with Crippen LogP contribution in [-0.2, 0) is 16.0 Å². The summed E-state index contributed by atoms with van der Waals surface area (Å²) in [4.78, 5) is 0. The van der Waals surface area contributed by atoms with Crippen molar-refractivity contribution in [1.29, 1.82) is 0 Å². The van der Waals surface area contributed by atoms with Gasteiger partial charge in [0.25, 0.3) is 0 Å². The van der Waals surface area contributed by atoms with Crippen LogP contribution in [0.1, 0.15) is 6.42 Å². The average molecular weight is 248 g/mol. The number of nitrogens with two attached hydrogens (primary N) is 1. The van der Waals surface area contributed by atoms with Crippen molar-refractivity contribution in [1.82, 2.24) is 4.57 Å².